The van der Waals surface area contributed by atoms with Gasteiger partial charge in [0.05, 0.1) is 18.4 Å². The highest BCUT2D eigenvalue weighted by atomic mass is 35.5. The highest BCUT2D eigenvalue weighted by molar-refractivity contribution is 7.98. The number of aromatic amines is 1. The minimum absolute atomic E-state index is 0.615. The fraction of sp³-hybridized carbons (Fsp3) is 0.150. The van der Waals surface area contributed by atoms with Crippen LogP contribution in [0.15, 0.2) is 66.1 Å². The van der Waals surface area contributed by atoms with Gasteiger partial charge in [0.2, 0.25) is 5.16 Å². The molecule has 0 aliphatic carbocycles. The molecular weight excluding hydrogens is 394 g/mol. The lowest BCUT2D eigenvalue weighted by atomic mass is 10.2. The number of ether oxygens (including phenoxy) is 1. The van der Waals surface area contributed by atoms with Gasteiger partial charge in [-0.1, -0.05) is 53.7 Å². The largest absolute Gasteiger partial charge is 0.496 e. The molecule has 2 aromatic heterocycles. The molecule has 0 saturated carbocycles. The Labute approximate surface area is 171 Å². The Morgan fingerprint density at radius 2 is 2.04 bits per heavy atom. The van der Waals surface area contributed by atoms with Crippen LogP contribution in [-0.4, -0.2) is 31.8 Å². The SMILES string of the molecule is COc1ccc(Cl)cc1-c1nc(SCc2nccn2Cc2ccccc2)n[nH]1. The molecule has 0 spiro atoms. The molecule has 2 aromatic carbocycles. The molecular formula is C20H18ClN5OS. The third-order valence-corrected chi connectivity index (χ3v) is 5.29. The Balaban J connectivity index is 1.46. The van der Waals surface area contributed by atoms with Gasteiger partial charge >= 0.3 is 0 Å². The predicted octanol–water partition coefficient (Wildman–Crippen LogP) is 4.67. The number of methoxy groups -OCH3 is 1. The van der Waals surface area contributed by atoms with E-state index in [9.17, 15) is 0 Å². The van der Waals surface area contributed by atoms with E-state index in [1.54, 1.807) is 13.2 Å². The van der Waals surface area contributed by atoms with Crippen LogP contribution in [0, 0.1) is 0 Å². The van der Waals surface area contributed by atoms with E-state index >= 15 is 0 Å². The molecule has 0 atom stereocenters. The minimum Gasteiger partial charge on any atom is -0.496 e. The quantitative estimate of drug-likeness (QED) is 0.447. The summed E-state index contributed by atoms with van der Waals surface area (Å²) in [5.41, 5.74) is 2.01. The van der Waals surface area contributed by atoms with E-state index in [0.29, 0.717) is 27.5 Å². The van der Waals surface area contributed by atoms with Gasteiger partial charge in [0.15, 0.2) is 5.82 Å². The molecule has 1 N–H and O–H groups in total. The molecule has 0 saturated heterocycles. The first-order valence-corrected chi connectivity index (χ1v) is 10.0. The van der Waals surface area contributed by atoms with Crippen LogP contribution >= 0.6 is 23.4 Å². The van der Waals surface area contributed by atoms with Gasteiger partial charge < -0.3 is 9.30 Å². The Bertz CT molecular complexity index is 1060. The normalized spacial score (nSPS) is 10.9. The number of H-pyrrole nitrogens is 1. The summed E-state index contributed by atoms with van der Waals surface area (Å²) < 4.78 is 7.52. The molecule has 0 radical (unpaired) electrons. The molecule has 8 heteroatoms. The van der Waals surface area contributed by atoms with Crippen LogP contribution in [0.4, 0.5) is 0 Å². The summed E-state index contributed by atoms with van der Waals surface area (Å²) in [6.45, 7) is 0.787. The Hall–Kier alpha value is -2.77. The maximum Gasteiger partial charge on any atom is 0.209 e. The minimum atomic E-state index is 0.615. The monoisotopic (exact) mass is 411 g/mol. The fourth-order valence-corrected chi connectivity index (χ4v) is 3.77. The van der Waals surface area contributed by atoms with Gasteiger partial charge in [0, 0.05) is 24.0 Å². The van der Waals surface area contributed by atoms with Crippen molar-refractivity contribution in [2.45, 2.75) is 17.5 Å². The van der Waals surface area contributed by atoms with E-state index in [4.69, 9.17) is 16.3 Å². The molecule has 142 valence electrons. The van der Waals surface area contributed by atoms with E-state index in [0.717, 1.165) is 17.9 Å². The molecule has 0 fully saturated rings. The van der Waals surface area contributed by atoms with Crippen LogP contribution in [0.25, 0.3) is 11.4 Å². The highest BCUT2D eigenvalue weighted by Gasteiger charge is 2.13. The average molecular weight is 412 g/mol. The first-order chi connectivity index (χ1) is 13.7. The summed E-state index contributed by atoms with van der Waals surface area (Å²) in [5.74, 6) is 2.95. The Kier molecular flexibility index (Phi) is 5.64. The fourth-order valence-electron chi connectivity index (χ4n) is 2.83. The van der Waals surface area contributed by atoms with Gasteiger partial charge in [0.25, 0.3) is 0 Å². The zero-order valence-corrected chi connectivity index (χ0v) is 16.7. The van der Waals surface area contributed by atoms with Crippen molar-refractivity contribution in [3.05, 3.63) is 77.3 Å². The van der Waals surface area contributed by atoms with Gasteiger partial charge in [0.1, 0.15) is 11.6 Å². The second-order valence-electron chi connectivity index (χ2n) is 6.06. The number of nitrogens with zero attached hydrogens (tertiary/aromatic N) is 4. The maximum atomic E-state index is 6.11. The van der Waals surface area contributed by atoms with Crippen LogP contribution in [-0.2, 0) is 12.3 Å². The van der Waals surface area contributed by atoms with Crippen molar-refractivity contribution in [1.82, 2.24) is 24.7 Å². The molecule has 0 aliphatic rings. The van der Waals surface area contributed by atoms with Crippen molar-refractivity contribution in [1.29, 1.82) is 0 Å². The molecule has 4 rings (SSSR count). The number of rotatable bonds is 7. The van der Waals surface area contributed by atoms with E-state index < -0.39 is 0 Å². The van der Waals surface area contributed by atoms with Crippen molar-refractivity contribution < 1.29 is 4.74 Å². The standard InChI is InChI=1S/C20H18ClN5OS/c1-27-17-8-7-15(21)11-16(17)19-23-20(25-24-19)28-13-18-22-9-10-26(18)12-14-5-3-2-4-6-14/h2-11H,12-13H2,1H3,(H,23,24,25). The van der Waals surface area contributed by atoms with Gasteiger partial charge in [-0.15, -0.1) is 5.10 Å². The lowest BCUT2D eigenvalue weighted by Gasteiger charge is -2.07. The number of benzene rings is 2. The number of nitrogens with one attached hydrogen (secondary N) is 1. The van der Waals surface area contributed by atoms with Crippen LogP contribution in [0.1, 0.15) is 11.4 Å². The second-order valence-corrected chi connectivity index (χ2v) is 7.44. The molecule has 0 aliphatic heterocycles. The summed E-state index contributed by atoms with van der Waals surface area (Å²) in [6, 6.07) is 15.7. The summed E-state index contributed by atoms with van der Waals surface area (Å²) in [6.07, 6.45) is 3.81. The molecule has 2 heterocycles. The molecule has 0 bridgehead atoms. The third kappa shape index (κ3) is 4.21. The summed E-state index contributed by atoms with van der Waals surface area (Å²) in [4.78, 5) is 9.03. The molecule has 6 nitrogen and oxygen atoms in total. The zero-order valence-electron chi connectivity index (χ0n) is 15.2. The van der Waals surface area contributed by atoms with Crippen LogP contribution < -0.4 is 4.74 Å². The Morgan fingerprint density at radius 3 is 2.86 bits per heavy atom. The number of thioether (sulfide) groups is 1. The van der Waals surface area contributed by atoms with Gasteiger partial charge in [-0.3, -0.25) is 5.10 Å². The van der Waals surface area contributed by atoms with Crippen molar-refractivity contribution in [3.63, 3.8) is 0 Å². The third-order valence-electron chi connectivity index (χ3n) is 4.21. The number of halogens is 1. The first kappa shape index (κ1) is 18.6. The summed E-state index contributed by atoms with van der Waals surface area (Å²) in [7, 11) is 1.62. The summed E-state index contributed by atoms with van der Waals surface area (Å²) >= 11 is 7.63. The number of hydrogen-bond donors (Lipinski definition) is 1. The maximum absolute atomic E-state index is 6.11. The van der Waals surface area contributed by atoms with Crippen molar-refractivity contribution in [2.24, 2.45) is 0 Å². The van der Waals surface area contributed by atoms with E-state index in [1.807, 2.05) is 42.7 Å². The number of aromatic nitrogens is 5. The number of hydrogen-bond acceptors (Lipinski definition) is 5. The second kappa shape index (κ2) is 8.50. The van der Waals surface area contributed by atoms with Crippen LogP contribution in [0.2, 0.25) is 5.02 Å². The van der Waals surface area contributed by atoms with Crippen molar-refractivity contribution >= 4 is 23.4 Å². The van der Waals surface area contributed by atoms with Crippen molar-refractivity contribution in [3.8, 4) is 17.1 Å². The molecule has 4 aromatic rings. The van der Waals surface area contributed by atoms with Gasteiger partial charge in [-0.05, 0) is 23.8 Å². The first-order valence-electron chi connectivity index (χ1n) is 8.66. The topological polar surface area (TPSA) is 68.6 Å². The van der Waals surface area contributed by atoms with Gasteiger partial charge in [-0.25, -0.2) is 9.97 Å². The smallest absolute Gasteiger partial charge is 0.209 e. The van der Waals surface area contributed by atoms with E-state index in [-0.39, 0.29) is 0 Å². The lowest BCUT2D eigenvalue weighted by molar-refractivity contribution is 0.416. The van der Waals surface area contributed by atoms with Gasteiger partial charge in [-0.2, -0.15) is 0 Å². The molecule has 0 amide bonds. The highest BCUT2D eigenvalue weighted by Crippen LogP contribution is 2.31. The predicted molar refractivity (Wildman–Crippen MR) is 111 cm³/mol. The van der Waals surface area contributed by atoms with Crippen LogP contribution in [0.3, 0.4) is 0 Å². The Morgan fingerprint density at radius 1 is 1.18 bits per heavy atom. The van der Waals surface area contributed by atoms with Crippen LogP contribution in [0.5, 0.6) is 5.75 Å². The average Bonchev–Trinajstić information content (AvgIpc) is 3.36. The number of imidazole rings is 1. The van der Waals surface area contributed by atoms with E-state index in [1.165, 1.54) is 17.3 Å². The molecule has 28 heavy (non-hydrogen) atoms. The summed E-state index contributed by atoms with van der Waals surface area (Å²) in [5, 5.41) is 8.52. The lowest BCUT2D eigenvalue weighted by Crippen LogP contribution is -2.03. The van der Waals surface area contributed by atoms with Crippen molar-refractivity contribution in [2.75, 3.05) is 7.11 Å². The molecule has 0 unspecified atom stereocenters. The zero-order chi connectivity index (χ0) is 19.3. The van der Waals surface area contributed by atoms with E-state index in [2.05, 4.69) is 36.9 Å².